The van der Waals surface area contributed by atoms with E-state index in [1.165, 1.54) is 0 Å². The summed E-state index contributed by atoms with van der Waals surface area (Å²) < 4.78 is 0. The van der Waals surface area contributed by atoms with Gasteiger partial charge in [0.2, 0.25) is 5.91 Å². The van der Waals surface area contributed by atoms with E-state index in [1.54, 1.807) is 41.3 Å². The van der Waals surface area contributed by atoms with Crippen LogP contribution in [-0.2, 0) is 4.79 Å². The van der Waals surface area contributed by atoms with Gasteiger partial charge in [-0.2, -0.15) is 0 Å². The van der Waals surface area contributed by atoms with Gasteiger partial charge in [0.1, 0.15) is 0 Å². The summed E-state index contributed by atoms with van der Waals surface area (Å²) in [5.74, 6) is -0.138. The maximum absolute atomic E-state index is 12.7. The summed E-state index contributed by atoms with van der Waals surface area (Å²) in [5.41, 5.74) is 1.93. The number of rotatable bonds is 7. The van der Waals surface area contributed by atoms with Crippen LogP contribution in [-0.4, -0.2) is 42.5 Å². The van der Waals surface area contributed by atoms with E-state index in [-0.39, 0.29) is 23.9 Å². The Labute approximate surface area is 188 Å². The van der Waals surface area contributed by atoms with Crippen LogP contribution in [0.25, 0.3) is 0 Å². The molecular formula is C24H31N5O3. The Bertz CT molecular complexity index is 902. The van der Waals surface area contributed by atoms with Crippen LogP contribution in [0.15, 0.2) is 54.6 Å². The van der Waals surface area contributed by atoms with Crippen molar-refractivity contribution in [2.45, 2.75) is 32.6 Å². The molecule has 0 spiro atoms. The molecule has 5 amide bonds. The zero-order chi connectivity index (χ0) is 22.8. The SMILES string of the molecule is CCCCNC(=O)C1CCCN(C(=O)Nc2ccc(NC(=O)Nc3ccccc3)cc2)C1. The number of benzene rings is 2. The average Bonchev–Trinajstić information content (AvgIpc) is 2.81. The van der Waals surface area contributed by atoms with E-state index >= 15 is 0 Å². The molecular weight excluding hydrogens is 406 g/mol. The molecule has 8 heteroatoms. The number of urea groups is 2. The summed E-state index contributed by atoms with van der Waals surface area (Å²) in [4.78, 5) is 38.8. The Morgan fingerprint density at radius 2 is 1.53 bits per heavy atom. The van der Waals surface area contributed by atoms with Crippen LogP contribution in [0, 0.1) is 5.92 Å². The second-order valence-electron chi connectivity index (χ2n) is 7.88. The van der Waals surface area contributed by atoms with Crippen molar-refractivity contribution in [1.29, 1.82) is 0 Å². The third-order valence-electron chi connectivity index (χ3n) is 5.33. The van der Waals surface area contributed by atoms with Crippen LogP contribution in [0.1, 0.15) is 32.6 Å². The zero-order valence-electron chi connectivity index (χ0n) is 18.4. The molecule has 1 unspecified atom stereocenters. The first-order valence-electron chi connectivity index (χ1n) is 11.1. The van der Waals surface area contributed by atoms with Gasteiger partial charge in [-0.25, -0.2) is 9.59 Å². The molecule has 1 aliphatic rings. The summed E-state index contributed by atoms with van der Waals surface area (Å²) in [6, 6.07) is 15.5. The van der Waals surface area contributed by atoms with E-state index in [1.807, 2.05) is 18.2 Å². The predicted molar refractivity (Wildman–Crippen MR) is 127 cm³/mol. The molecule has 0 saturated carbocycles. The molecule has 0 radical (unpaired) electrons. The van der Waals surface area contributed by atoms with Gasteiger partial charge >= 0.3 is 12.1 Å². The maximum atomic E-state index is 12.7. The van der Waals surface area contributed by atoms with Crippen molar-refractivity contribution in [3.8, 4) is 0 Å². The zero-order valence-corrected chi connectivity index (χ0v) is 18.4. The monoisotopic (exact) mass is 437 g/mol. The lowest BCUT2D eigenvalue weighted by molar-refractivity contribution is -0.126. The first-order valence-corrected chi connectivity index (χ1v) is 11.1. The molecule has 1 fully saturated rings. The number of carbonyl (C=O) groups is 3. The molecule has 0 aliphatic carbocycles. The number of nitrogens with zero attached hydrogens (tertiary/aromatic N) is 1. The van der Waals surface area contributed by atoms with Crippen LogP contribution in [0.4, 0.5) is 26.7 Å². The van der Waals surface area contributed by atoms with E-state index < -0.39 is 0 Å². The quantitative estimate of drug-likeness (QED) is 0.480. The van der Waals surface area contributed by atoms with E-state index in [4.69, 9.17) is 0 Å². The van der Waals surface area contributed by atoms with Crippen LogP contribution in [0.3, 0.4) is 0 Å². The highest BCUT2D eigenvalue weighted by Gasteiger charge is 2.28. The fourth-order valence-electron chi connectivity index (χ4n) is 3.56. The van der Waals surface area contributed by atoms with Gasteiger partial charge in [-0.1, -0.05) is 31.5 Å². The number of anilines is 3. The highest BCUT2D eigenvalue weighted by molar-refractivity contribution is 6.00. The number of unbranched alkanes of at least 4 members (excludes halogenated alkanes) is 1. The first kappa shape index (κ1) is 23.1. The summed E-state index contributed by atoms with van der Waals surface area (Å²) in [6.07, 6.45) is 3.60. The topological polar surface area (TPSA) is 103 Å². The van der Waals surface area contributed by atoms with Gasteiger partial charge in [0.05, 0.1) is 5.92 Å². The molecule has 1 heterocycles. The maximum Gasteiger partial charge on any atom is 0.323 e. The van der Waals surface area contributed by atoms with Gasteiger partial charge in [-0.3, -0.25) is 4.79 Å². The van der Waals surface area contributed by atoms with Crippen molar-refractivity contribution in [1.82, 2.24) is 10.2 Å². The number of nitrogens with one attached hydrogen (secondary N) is 4. The third-order valence-corrected chi connectivity index (χ3v) is 5.33. The Balaban J connectivity index is 1.47. The Morgan fingerprint density at radius 3 is 2.19 bits per heavy atom. The summed E-state index contributed by atoms with van der Waals surface area (Å²) in [7, 11) is 0. The van der Waals surface area contributed by atoms with Gasteiger partial charge in [0, 0.05) is 36.7 Å². The van der Waals surface area contributed by atoms with Gasteiger partial charge in [-0.05, 0) is 55.7 Å². The molecule has 0 aromatic heterocycles. The number of hydrogen-bond acceptors (Lipinski definition) is 3. The molecule has 1 atom stereocenters. The predicted octanol–water partition coefficient (Wildman–Crippen LogP) is 4.49. The van der Waals surface area contributed by atoms with Crippen molar-refractivity contribution in [2.75, 3.05) is 35.6 Å². The molecule has 8 nitrogen and oxygen atoms in total. The van der Waals surface area contributed by atoms with Crippen molar-refractivity contribution in [2.24, 2.45) is 5.92 Å². The average molecular weight is 438 g/mol. The van der Waals surface area contributed by atoms with Crippen molar-refractivity contribution >= 4 is 35.0 Å². The normalized spacial score (nSPS) is 15.5. The number of carbonyl (C=O) groups excluding carboxylic acids is 3. The van der Waals surface area contributed by atoms with E-state index in [0.717, 1.165) is 25.7 Å². The van der Waals surface area contributed by atoms with Gasteiger partial charge < -0.3 is 26.2 Å². The van der Waals surface area contributed by atoms with Gasteiger partial charge in [0.25, 0.3) is 0 Å². The Hall–Kier alpha value is -3.55. The van der Waals surface area contributed by atoms with E-state index in [0.29, 0.717) is 36.7 Å². The fourth-order valence-corrected chi connectivity index (χ4v) is 3.56. The summed E-state index contributed by atoms with van der Waals surface area (Å²) in [5, 5.41) is 11.3. The van der Waals surface area contributed by atoms with Crippen molar-refractivity contribution in [3.05, 3.63) is 54.6 Å². The Morgan fingerprint density at radius 1 is 0.906 bits per heavy atom. The molecule has 1 aliphatic heterocycles. The number of hydrogen-bond donors (Lipinski definition) is 4. The van der Waals surface area contributed by atoms with E-state index in [2.05, 4.69) is 28.2 Å². The van der Waals surface area contributed by atoms with E-state index in [9.17, 15) is 14.4 Å². The standard InChI is InChI=1S/C24H31N5O3/c1-2-3-15-25-22(30)18-8-7-16-29(17-18)24(32)28-21-13-11-20(12-14-21)27-23(31)26-19-9-5-4-6-10-19/h4-6,9-14,18H,2-3,7-8,15-17H2,1H3,(H,25,30)(H,28,32)(H2,26,27,31). The van der Waals surface area contributed by atoms with Crippen LogP contribution < -0.4 is 21.3 Å². The minimum absolute atomic E-state index is 0.0279. The highest BCUT2D eigenvalue weighted by Crippen LogP contribution is 2.19. The highest BCUT2D eigenvalue weighted by atomic mass is 16.2. The third kappa shape index (κ3) is 7.01. The second-order valence-corrected chi connectivity index (χ2v) is 7.88. The molecule has 170 valence electrons. The minimum Gasteiger partial charge on any atom is -0.356 e. The molecule has 4 N–H and O–H groups in total. The van der Waals surface area contributed by atoms with Crippen molar-refractivity contribution < 1.29 is 14.4 Å². The van der Waals surface area contributed by atoms with Crippen LogP contribution >= 0.6 is 0 Å². The number of para-hydroxylation sites is 1. The Kier molecular flexibility index (Phi) is 8.48. The molecule has 1 saturated heterocycles. The minimum atomic E-state index is -0.343. The molecule has 2 aromatic rings. The molecule has 0 bridgehead atoms. The molecule has 32 heavy (non-hydrogen) atoms. The summed E-state index contributed by atoms with van der Waals surface area (Å²) in [6.45, 7) is 3.82. The first-order chi connectivity index (χ1) is 15.5. The number of amides is 5. The van der Waals surface area contributed by atoms with Crippen LogP contribution in [0.2, 0.25) is 0 Å². The molecule has 2 aromatic carbocycles. The largest absolute Gasteiger partial charge is 0.356 e. The fraction of sp³-hybridized carbons (Fsp3) is 0.375. The molecule has 3 rings (SSSR count). The second kappa shape index (κ2) is 11.7. The summed E-state index contributed by atoms with van der Waals surface area (Å²) >= 11 is 0. The number of likely N-dealkylation sites (tertiary alicyclic amines) is 1. The smallest absolute Gasteiger partial charge is 0.323 e. The van der Waals surface area contributed by atoms with Crippen molar-refractivity contribution in [3.63, 3.8) is 0 Å². The lowest BCUT2D eigenvalue weighted by Crippen LogP contribution is -2.47. The lowest BCUT2D eigenvalue weighted by Gasteiger charge is -2.32. The van der Waals surface area contributed by atoms with Gasteiger partial charge in [-0.15, -0.1) is 0 Å². The van der Waals surface area contributed by atoms with Gasteiger partial charge in [0.15, 0.2) is 0 Å². The lowest BCUT2D eigenvalue weighted by atomic mass is 9.97. The number of piperidine rings is 1. The van der Waals surface area contributed by atoms with Crippen LogP contribution in [0.5, 0.6) is 0 Å².